The highest BCUT2D eigenvalue weighted by molar-refractivity contribution is 5.28. The van der Waals surface area contributed by atoms with Gasteiger partial charge in [-0.1, -0.05) is 52.0 Å². The zero-order valence-corrected chi connectivity index (χ0v) is 12.6. The van der Waals surface area contributed by atoms with Crippen LogP contribution in [0.2, 0.25) is 0 Å². The van der Waals surface area contributed by atoms with Crippen molar-refractivity contribution in [3.63, 3.8) is 0 Å². The van der Waals surface area contributed by atoms with Gasteiger partial charge >= 0.3 is 0 Å². The first-order valence-corrected chi connectivity index (χ1v) is 7.55. The van der Waals surface area contributed by atoms with Crippen molar-refractivity contribution in [1.29, 1.82) is 0 Å². The third-order valence-electron chi connectivity index (χ3n) is 3.42. The summed E-state index contributed by atoms with van der Waals surface area (Å²) in [4.78, 5) is 4.30. The molecule has 19 heavy (non-hydrogen) atoms. The molecule has 0 radical (unpaired) electrons. The molecule has 1 unspecified atom stereocenters. The molecule has 1 aromatic rings. The van der Waals surface area contributed by atoms with Gasteiger partial charge in [0.05, 0.1) is 7.11 Å². The lowest BCUT2D eigenvalue weighted by Gasteiger charge is -2.19. The van der Waals surface area contributed by atoms with Crippen LogP contribution in [0.1, 0.15) is 64.0 Å². The van der Waals surface area contributed by atoms with Gasteiger partial charge in [0.1, 0.15) is 0 Å². The summed E-state index contributed by atoms with van der Waals surface area (Å²) < 4.78 is 5.37. The van der Waals surface area contributed by atoms with E-state index < -0.39 is 0 Å². The van der Waals surface area contributed by atoms with Crippen molar-refractivity contribution >= 4 is 0 Å². The Labute approximate surface area is 117 Å². The predicted octanol–water partition coefficient (Wildman–Crippen LogP) is 4.10. The van der Waals surface area contributed by atoms with E-state index in [2.05, 4.69) is 30.2 Å². The molecule has 0 aliphatic carbocycles. The Morgan fingerprint density at radius 2 is 2.00 bits per heavy atom. The molecule has 0 amide bonds. The molecule has 1 atom stereocenters. The lowest BCUT2D eigenvalue weighted by atomic mass is 10.0. The van der Waals surface area contributed by atoms with Crippen LogP contribution < -0.4 is 10.1 Å². The van der Waals surface area contributed by atoms with Gasteiger partial charge in [-0.25, -0.2) is 4.98 Å². The zero-order chi connectivity index (χ0) is 13.9. The molecule has 1 heterocycles. The van der Waals surface area contributed by atoms with Crippen LogP contribution in [-0.4, -0.2) is 18.6 Å². The Balaban J connectivity index is 2.55. The molecule has 0 aliphatic heterocycles. The molecule has 1 rings (SSSR count). The number of hydrogen-bond donors (Lipinski definition) is 1. The predicted molar refractivity (Wildman–Crippen MR) is 80.6 cm³/mol. The molecule has 0 bridgehead atoms. The lowest BCUT2D eigenvalue weighted by molar-refractivity contribution is 0.377. The lowest BCUT2D eigenvalue weighted by Crippen LogP contribution is -2.21. The maximum atomic E-state index is 5.37. The van der Waals surface area contributed by atoms with E-state index in [1.165, 1.54) is 37.7 Å². The normalized spacial score (nSPS) is 12.4. The molecule has 1 aromatic heterocycles. The monoisotopic (exact) mass is 264 g/mol. The van der Waals surface area contributed by atoms with Crippen molar-refractivity contribution in [2.75, 3.05) is 13.7 Å². The molecular weight excluding hydrogens is 236 g/mol. The second-order valence-corrected chi connectivity index (χ2v) is 4.92. The van der Waals surface area contributed by atoms with E-state index in [9.17, 15) is 0 Å². The average molecular weight is 264 g/mol. The standard InChI is InChI=1S/C16H28N2O/c1-4-6-7-8-9-12-15(17-5-2)14-11-10-13-18-16(14)19-3/h10-11,13,15,17H,4-9,12H2,1-3H3. The van der Waals surface area contributed by atoms with Crippen LogP contribution in [0.15, 0.2) is 18.3 Å². The van der Waals surface area contributed by atoms with E-state index in [1.807, 2.05) is 6.07 Å². The minimum Gasteiger partial charge on any atom is -0.481 e. The van der Waals surface area contributed by atoms with E-state index in [-0.39, 0.29) is 0 Å². The van der Waals surface area contributed by atoms with Crippen LogP contribution in [0.3, 0.4) is 0 Å². The first kappa shape index (κ1) is 16.0. The maximum Gasteiger partial charge on any atom is 0.217 e. The quantitative estimate of drug-likeness (QED) is 0.646. The smallest absolute Gasteiger partial charge is 0.217 e. The Bertz CT molecular complexity index is 341. The summed E-state index contributed by atoms with van der Waals surface area (Å²) in [5.74, 6) is 0.752. The Kier molecular flexibility index (Phi) is 8.23. The number of hydrogen-bond acceptors (Lipinski definition) is 3. The summed E-state index contributed by atoms with van der Waals surface area (Å²) in [6.07, 6.45) is 9.51. The molecule has 1 N–H and O–H groups in total. The van der Waals surface area contributed by atoms with Gasteiger partial charge in [-0.2, -0.15) is 0 Å². The van der Waals surface area contributed by atoms with Crippen LogP contribution in [0, 0.1) is 0 Å². The second kappa shape index (κ2) is 9.79. The van der Waals surface area contributed by atoms with Gasteiger partial charge < -0.3 is 10.1 Å². The Hall–Kier alpha value is -1.09. The summed E-state index contributed by atoms with van der Waals surface area (Å²) >= 11 is 0. The largest absolute Gasteiger partial charge is 0.481 e. The molecule has 3 nitrogen and oxygen atoms in total. The van der Waals surface area contributed by atoms with E-state index in [1.54, 1.807) is 13.3 Å². The van der Waals surface area contributed by atoms with E-state index >= 15 is 0 Å². The fraction of sp³-hybridized carbons (Fsp3) is 0.688. The fourth-order valence-electron chi connectivity index (χ4n) is 2.40. The number of pyridine rings is 1. The Morgan fingerprint density at radius 3 is 2.68 bits per heavy atom. The first-order chi connectivity index (χ1) is 9.33. The number of ether oxygens (including phenoxy) is 1. The fourth-order valence-corrected chi connectivity index (χ4v) is 2.40. The minimum atomic E-state index is 0.357. The van der Waals surface area contributed by atoms with Gasteiger partial charge in [0.15, 0.2) is 0 Å². The summed E-state index contributed by atoms with van der Waals surface area (Å²) in [6, 6.07) is 4.46. The number of nitrogens with one attached hydrogen (secondary N) is 1. The highest BCUT2D eigenvalue weighted by Gasteiger charge is 2.15. The highest BCUT2D eigenvalue weighted by atomic mass is 16.5. The summed E-state index contributed by atoms with van der Waals surface area (Å²) in [5, 5.41) is 3.54. The highest BCUT2D eigenvalue weighted by Crippen LogP contribution is 2.26. The van der Waals surface area contributed by atoms with Crippen molar-refractivity contribution < 1.29 is 4.74 Å². The topological polar surface area (TPSA) is 34.2 Å². The van der Waals surface area contributed by atoms with Crippen molar-refractivity contribution in [2.24, 2.45) is 0 Å². The van der Waals surface area contributed by atoms with Crippen LogP contribution in [0.5, 0.6) is 5.88 Å². The third-order valence-corrected chi connectivity index (χ3v) is 3.42. The number of rotatable bonds is 10. The number of aromatic nitrogens is 1. The van der Waals surface area contributed by atoms with Crippen molar-refractivity contribution in [3.05, 3.63) is 23.9 Å². The van der Waals surface area contributed by atoms with Crippen molar-refractivity contribution in [1.82, 2.24) is 10.3 Å². The summed E-state index contributed by atoms with van der Waals surface area (Å²) in [5.41, 5.74) is 1.18. The number of methoxy groups -OCH3 is 1. The first-order valence-electron chi connectivity index (χ1n) is 7.55. The van der Waals surface area contributed by atoms with Gasteiger partial charge in [0.2, 0.25) is 5.88 Å². The van der Waals surface area contributed by atoms with Gasteiger partial charge in [-0.05, 0) is 19.0 Å². The third kappa shape index (κ3) is 5.60. The molecule has 108 valence electrons. The van der Waals surface area contributed by atoms with Crippen molar-refractivity contribution in [3.8, 4) is 5.88 Å². The van der Waals surface area contributed by atoms with Gasteiger partial charge in [0.25, 0.3) is 0 Å². The maximum absolute atomic E-state index is 5.37. The summed E-state index contributed by atoms with van der Waals surface area (Å²) in [7, 11) is 1.69. The van der Waals surface area contributed by atoms with Crippen LogP contribution in [0.25, 0.3) is 0 Å². The van der Waals surface area contributed by atoms with Crippen molar-refractivity contribution in [2.45, 2.75) is 58.4 Å². The second-order valence-electron chi connectivity index (χ2n) is 4.92. The minimum absolute atomic E-state index is 0.357. The molecule has 0 fully saturated rings. The SMILES string of the molecule is CCCCCCCC(NCC)c1cccnc1OC. The molecular formula is C16H28N2O. The van der Waals surface area contributed by atoms with Gasteiger partial charge in [-0.3, -0.25) is 0 Å². The van der Waals surface area contributed by atoms with Crippen LogP contribution in [0.4, 0.5) is 0 Å². The van der Waals surface area contributed by atoms with Crippen LogP contribution in [-0.2, 0) is 0 Å². The molecule has 0 aliphatic rings. The average Bonchev–Trinajstić information content (AvgIpc) is 2.46. The summed E-state index contributed by atoms with van der Waals surface area (Å²) in [6.45, 7) is 5.37. The van der Waals surface area contributed by atoms with Crippen LogP contribution >= 0.6 is 0 Å². The molecule has 0 saturated carbocycles. The van der Waals surface area contributed by atoms with E-state index in [0.29, 0.717) is 6.04 Å². The molecule has 0 saturated heterocycles. The Morgan fingerprint density at radius 1 is 1.21 bits per heavy atom. The van der Waals surface area contributed by atoms with Gasteiger partial charge in [0, 0.05) is 17.8 Å². The zero-order valence-electron chi connectivity index (χ0n) is 12.6. The molecule has 3 heteroatoms. The van der Waals surface area contributed by atoms with Gasteiger partial charge in [-0.15, -0.1) is 0 Å². The molecule has 0 spiro atoms. The van der Waals surface area contributed by atoms with E-state index in [0.717, 1.165) is 18.8 Å². The van der Waals surface area contributed by atoms with E-state index in [4.69, 9.17) is 4.74 Å². The number of unbranched alkanes of at least 4 members (excludes halogenated alkanes) is 4. The number of nitrogens with zero attached hydrogens (tertiary/aromatic N) is 1. The molecule has 0 aromatic carbocycles.